The first kappa shape index (κ1) is 24.4. The van der Waals surface area contributed by atoms with Gasteiger partial charge in [0.1, 0.15) is 22.7 Å². The summed E-state index contributed by atoms with van der Waals surface area (Å²) in [6.45, 7) is 5.37. The Kier molecular flexibility index (Phi) is 7.07. The number of fused-ring (bicyclic) bond motifs is 3. The van der Waals surface area contributed by atoms with Crippen LogP contribution in [0.5, 0.6) is 11.5 Å². The zero-order valence-electron chi connectivity index (χ0n) is 21.0. The fourth-order valence-corrected chi connectivity index (χ4v) is 5.53. The van der Waals surface area contributed by atoms with Crippen molar-refractivity contribution in [2.45, 2.75) is 64.1 Å². The van der Waals surface area contributed by atoms with Crippen molar-refractivity contribution in [1.82, 2.24) is 14.8 Å². The minimum Gasteiger partial charge on any atom is -0.496 e. The summed E-state index contributed by atoms with van der Waals surface area (Å²) in [5, 5.41) is 4.11. The van der Waals surface area contributed by atoms with Crippen molar-refractivity contribution in [1.29, 1.82) is 0 Å². The van der Waals surface area contributed by atoms with E-state index in [0.717, 1.165) is 30.2 Å². The molecule has 1 aliphatic carbocycles. The Bertz CT molecular complexity index is 1060. The molecule has 4 rings (SSSR count). The van der Waals surface area contributed by atoms with E-state index in [2.05, 4.69) is 12.2 Å². The van der Waals surface area contributed by atoms with E-state index in [1.165, 1.54) is 6.42 Å². The van der Waals surface area contributed by atoms with E-state index in [1.54, 1.807) is 26.2 Å². The van der Waals surface area contributed by atoms with E-state index in [-0.39, 0.29) is 17.9 Å². The molecule has 8 nitrogen and oxygen atoms in total. The number of aromatic nitrogens is 1. The third-order valence-electron chi connectivity index (χ3n) is 7.59. The van der Waals surface area contributed by atoms with E-state index >= 15 is 0 Å². The Balaban J connectivity index is 1.78. The highest BCUT2D eigenvalue weighted by atomic mass is 16.5. The van der Waals surface area contributed by atoms with E-state index < -0.39 is 5.54 Å². The lowest BCUT2D eigenvalue weighted by molar-refractivity contribution is -0.134. The fraction of sp³-hybridized carbons (Fsp3) is 0.615. The van der Waals surface area contributed by atoms with Gasteiger partial charge in [-0.05, 0) is 50.3 Å². The van der Waals surface area contributed by atoms with Gasteiger partial charge >= 0.3 is 0 Å². The minimum absolute atomic E-state index is 0.105. The average Bonchev–Trinajstić information content (AvgIpc) is 3.21. The summed E-state index contributed by atoms with van der Waals surface area (Å²) in [7, 11) is 4.86. The minimum atomic E-state index is -1.05. The summed E-state index contributed by atoms with van der Waals surface area (Å²) < 4.78 is 18.4. The zero-order chi connectivity index (χ0) is 24.5. The molecule has 0 radical (unpaired) electrons. The Morgan fingerprint density at radius 1 is 1.15 bits per heavy atom. The monoisotopic (exact) mass is 471 g/mol. The Labute approximate surface area is 201 Å². The molecule has 2 aliphatic rings. The highest BCUT2D eigenvalue weighted by Gasteiger charge is 2.48. The first-order valence-electron chi connectivity index (χ1n) is 12.2. The number of hydrogen-bond donors (Lipinski definition) is 1. The zero-order valence-corrected chi connectivity index (χ0v) is 21.0. The third-order valence-corrected chi connectivity index (χ3v) is 7.59. The number of amides is 2. The highest BCUT2D eigenvalue weighted by Crippen LogP contribution is 2.40. The van der Waals surface area contributed by atoms with Gasteiger partial charge in [-0.2, -0.15) is 0 Å². The lowest BCUT2D eigenvalue weighted by Gasteiger charge is -2.45. The second kappa shape index (κ2) is 9.86. The van der Waals surface area contributed by atoms with Crippen molar-refractivity contribution in [2.24, 2.45) is 5.92 Å². The molecule has 0 bridgehead atoms. The van der Waals surface area contributed by atoms with Crippen LogP contribution in [0.1, 0.15) is 56.4 Å². The van der Waals surface area contributed by atoms with Crippen molar-refractivity contribution in [3.8, 4) is 11.5 Å². The maximum Gasteiger partial charge on any atom is 0.271 e. The van der Waals surface area contributed by atoms with E-state index in [4.69, 9.17) is 14.2 Å². The molecule has 0 unspecified atom stereocenters. The number of carbonyl (C=O) groups excluding carboxylic acids is 2. The molecule has 2 amide bonds. The molecule has 186 valence electrons. The van der Waals surface area contributed by atoms with Gasteiger partial charge in [-0.1, -0.05) is 19.8 Å². The van der Waals surface area contributed by atoms with Gasteiger partial charge in [0, 0.05) is 31.7 Å². The molecule has 1 aliphatic heterocycles. The van der Waals surface area contributed by atoms with Gasteiger partial charge < -0.3 is 29.0 Å². The van der Waals surface area contributed by atoms with Gasteiger partial charge in [0.05, 0.1) is 26.3 Å². The number of methoxy groups -OCH3 is 3. The molecular weight excluding hydrogens is 434 g/mol. The van der Waals surface area contributed by atoms with Crippen LogP contribution in [0.4, 0.5) is 0 Å². The molecule has 1 aromatic heterocycles. The fourth-order valence-electron chi connectivity index (χ4n) is 5.53. The molecule has 2 heterocycles. The maximum absolute atomic E-state index is 13.9. The Hall–Kier alpha value is -2.74. The van der Waals surface area contributed by atoms with E-state index in [0.29, 0.717) is 49.2 Å². The molecule has 34 heavy (non-hydrogen) atoms. The number of ether oxygens (including phenoxy) is 3. The molecule has 0 saturated heterocycles. The second-order valence-electron chi connectivity index (χ2n) is 9.77. The van der Waals surface area contributed by atoms with Gasteiger partial charge in [0.2, 0.25) is 5.91 Å². The largest absolute Gasteiger partial charge is 0.496 e. The van der Waals surface area contributed by atoms with Crippen LogP contribution >= 0.6 is 0 Å². The number of benzene rings is 1. The van der Waals surface area contributed by atoms with Crippen LogP contribution < -0.4 is 14.8 Å². The number of nitrogens with zero attached hydrogens (tertiary/aromatic N) is 2. The molecule has 1 aromatic carbocycles. The predicted octanol–water partition coefficient (Wildman–Crippen LogP) is 3.60. The van der Waals surface area contributed by atoms with E-state index in [1.807, 2.05) is 29.7 Å². The van der Waals surface area contributed by atoms with Gasteiger partial charge in [-0.3, -0.25) is 9.59 Å². The van der Waals surface area contributed by atoms with Crippen LogP contribution in [0.15, 0.2) is 18.2 Å². The van der Waals surface area contributed by atoms with Gasteiger partial charge in [0.15, 0.2) is 0 Å². The summed E-state index contributed by atoms with van der Waals surface area (Å²) in [4.78, 5) is 29.4. The molecule has 1 fully saturated rings. The molecule has 3 atom stereocenters. The summed E-state index contributed by atoms with van der Waals surface area (Å²) in [6, 6.07) is 5.66. The second-order valence-corrected chi connectivity index (χ2v) is 9.77. The summed E-state index contributed by atoms with van der Waals surface area (Å²) in [5.74, 6) is 1.46. The molecule has 1 saturated carbocycles. The van der Waals surface area contributed by atoms with Crippen molar-refractivity contribution >= 4 is 22.7 Å². The van der Waals surface area contributed by atoms with Crippen LogP contribution in [0.2, 0.25) is 0 Å². The number of hydrogen-bond acceptors (Lipinski definition) is 5. The summed E-state index contributed by atoms with van der Waals surface area (Å²) >= 11 is 0. The quantitative estimate of drug-likeness (QED) is 0.595. The van der Waals surface area contributed by atoms with Crippen molar-refractivity contribution in [3.05, 3.63) is 23.9 Å². The van der Waals surface area contributed by atoms with Crippen LogP contribution in [0, 0.1) is 5.92 Å². The predicted molar refractivity (Wildman–Crippen MR) is 131 cm³/mol. The first-order valence-corrected chi connectivity index (χ1v) is 12.2. The molecule has 0 spiro atoms. The molecule has 2 aromatic rings. The lowest BCUT2D eigenvalue weighted by Crippen LogP contribution is -2.65. The van der Waals surface area contributed by atoms with Gasteiger partial charge in [0.25, 0.3) is 5.91 Å². The summed E-state index contributed by atoms with van der Waals surface area (Å²) in [6.07, 6.45) is 5.06. The van der Waals surface area contributed by atoms with Crippen molar-refractivity contribution in [2.75, 3.05) is 34.5 Å². The molecule has 8 heteroatoms. The lowest BCUT2D eigenvalue weighted by atomic mass is 9.85. The van der Waals surface area contributed by atoms with Crippen LogP contribution in [0.3, 0.4) is 0 Å². The third kappa shape index (κ3) is 4.13. The Morgan fingerprint density at radius 3 is 2.53 bits per heavy atom. The highest BCUT2D eigenvalue weighted by molar-refractivity contribution is 6.05. The van der Waals surface area contributed by atoms with Crippen LogP contribution in [-0.2, 0) is 16.1 Å². The number of nitrogens with one attached hydrogen (secondary N) is 1. The topological polar surface area (TPSA) is 82.0 Å². The molecule has 1 N–H and O–H groups in total. The maximum atomic E-state index is 13.9. The van der Waals surface area contributed by atoms with Crippen LogP contribution in [0.25, 0.3) is 10.9 Å². The van der Waals surface area contributed by atoms with Crippen molar-refractivity contribution in [3.63, 3.8) is 0 Å². The number of carbonyl (C=O) groups is 2. The standard InChI is InChI=1S/C26H37N3O5/c1-17-9-6-7-10-19(17)27-25(31)26(2)16-28-20(24(30)29(26)13-8-14-32-3)15-18-21(33-4)11-12-22(34-5)23(18)28/h11-12,15,17,19H,6-10,13-14,16H2,1-5H3,(H,27,31)/t17-,19+,26+/m0/s1. The van der Waals surface area contributed by atoms with Crippen LogP contribution in [-0.4, -0.2) is 67.3 Å². The number of rotatable bonds is 8. The normalized spacial score (nSPS) is 24.7. The SMILES string of the molecule is COCCCN1C(=O)c2cc3c(OC)ccc(OC)c3n2C[C@]1(C)C(=O)N[C@@H]1CCCC[C@@H]1C. The average molecular weight is 472 g/mol. The molecular formula is C26H37N3O5. The smallest absolute Gasteiger partial charge is 0.271 e. The van der Waals surface area contributed by atoms with Crippen molar-refractivity contribution < 1.29 is 23.8 Å². The Morgan fingerprint density at radius 2 is 1.85 bits per heavy atom. The van der Waals surface area contributed by atoms with Gasteiger partial charge in [-0.15, -0.1) is 0 Å². The van der Waals surface area contributed by atoms with Gasteiger partial charge in [-0.25, -0.2) is 0 Å². The van der Waals surface area contributed by atoms with E-state index in [9.17, 15) is 9.59 Å². The first-order chi connectivity index (χ1) is 16.3. The summed E-state index contributed by atoms with van der Waals surface area (Å²) in [5.41, 5.74) is 0.257.